The number of halogens is 1. The van der Waals surface area contributed by atoms with Gasteiger partial charge in [0.1, 0.15) is 10.7 Å². The lowest BCUT2D eigenvalue weighted by Crippen LogP contribution is -2.12. The molecule has 2 rings (SSSR count). The van der Waals surface area contributed by atoms with Crippen molar-refractivity contribution in [3.8, 4) is 5.75 Å². The molecule has 19 heavy (non-hydrogen) atoms. The summed E-state index contributed by atoms with van der Waals surface area (Å²) in [6.45, 7) is 0. The molecule has 1 heterocycles. The second-order valence-electron chi connectivity index (χ2n) is 3.76. The van der Waals surface area contributed by atoms with Crippen molar-refractivity contribution in [3.63, 3.8) is 0 Å². The van der Waals surface area contributed by atoms with Gasteiger partial charge in [-0.15, -0.1) is 0 Å². The number of aromatic nitrogens is 1. The molecule has 1 aromatic carbocycles. The fourth-order valence-corrected chi connectivity index (χ4v) is 1.98. The molecule has 0 saturated carbocycles. The van der Waals surface area contributed by atoms with Gasteiger partial charge in [0.15, 0.2) is 0 Å². The average Bonchev–Trinajstić information content (AvgIpc) is 2.39. The third-order valence-corrected chi connectivity index (χ3v) is 2.97. The van der Waals surface area contributed by atoms with Crippen LogP contribution in [0.3, 0.4) is 0 Å². The van der Waals surface area contributed by atoms with Crippen molar-refractivity contribution in [1.29, 1.82) is 0 Å². The van der Waals surface area contributed by atoms with Crippen LogP contribution in [0.15, 0.2) is 36.7 Å². The zero-order valence-electron chi connectivity index (χ0n) is 10.2. The number of rotatable bonds is 4. The molecule has 6 heteroatoms. The topological polar surface area (TPSA) is 60.2 Å². The number of pyridine rings is 1. The quantitative estimate of drug-likeness (QED) is 0.848. The zero-order valence-corrected chi connectivity index (χ0v) is 11.8. The number of methoxy groups -OCH3 is 1. The van der Waals surface area contributed by atoms with Crippen molar-refractivity contribution in [2.24, 2.45) is 5.73 Å². The summed E-state index contributed by atoms with van der Waals surface area (Å²) >= 11 is 11.0. The van der Waals surface area contributed by atoms with Crippen molar-refractivity contribution in [1.82, 2.24) is 4.98 Å². The number of nitrogens with two attached hydrogens (primary N) is 1. The van der Waals surface area contributed by atoms with Crippen LogP contribution in [-0.2, 0) is 0 Å². The largest absolute Gasteiger partial charge is 0.495 e. The molecule has 0 aliphatic rings. The van der Waals surface area contributed by atoms with Gasteiger partial charge in [0.25, 0.3) is 0 Å². The van der Waals surface area contributed by atoms with Crippen LogP contribution in [0, 0.1) is 0 Å². The van der Waals surface area contributed by atoms with Gasteiger partial charge in [-0.2, -0.15) is 0 Å². The highest BCUT2D eigenvalue weighted by Gasteiger charge is 2.09. The minimum absolute atomic E-state index is 0.297. The molecule has 1 aromatic heterocycles. The Balaban J connectivity index is 2.41. The molecule has 0 spiro atoms. The molecule has 4 nitrogen and oxygen atoms in total. The number of nitrogens with one attached hydrogen (secondary N) is 1. The van der Waals surface area contributed by atoms with Crippen LogP contribution >= 0.6 is 23.8 Å². The summed E-state index contributed by atoms with van der Waals surface area (Å²) in [5, 5.41) is 3.78. The van der Waals surface area contributed by atoms with Gasteiger partial charge in [0.2, 0.25) is 0 Å². The summed E-state index contributed by atoms with van der Waals surface area (Å²) < 4.78 is 5.27. The molecule has 0 aliphatic heterocycles. The van der Waals surface area contributed by atoms with E-state index in [9.17, 15) is 0 Å². The molecule has 0 radical (unpaired) electrons. The third-order valence-electron chi connectivity index (χ3n) is 2.52. The fraction of sp³-hybridized carbons (Fsp3) is 0.0769. The van der Waals surface area contributed by atoms with Crippen LogP contribution in [0.4, 0.5) is 11.4 Å². The normalized spacial score (nSPS) is 10.0. The van der Waals surface area contributed by atoms with Gasteiger partial charge in [-0.1, -0.05) is 23.8 Å². The Kier molecular flexibility index (Phi) is 4.19. The smallest absolute Gasteiger partial charge is 0.142 e. The first-order valence-corrected chi connectivity index (χ1v) is 6.25. The Morgan fingerprint density at radius 2 is 2.16 bits per heavy atom. The van der Waals surface area contributed by atoms with Gasteiger partial charge < -0.3 is 15.8 Å². The summed E-state index contributed by atoms with van der Waals surface area (Å²) in [6.07, 6.45) is 3.28. The van der Waals surface area contributed by atoms with Crippen LogP contribution in [0.5, 0.6) is 5.75 Å². The Hall–Kier alpha value is -1.85. The van der Waals surface area contributed by atoms with Gasteiger partial charge >= 0.3 is 0 Å². The van der Waals surface area contributed by atoms with E-state index in [1.54, 1.807) is 43.8 Å². The molecule has 2 aromatic rings. The van der Waals surface area contributed by atoms with Crippen molar-refractivity contribution < 1.29 is 4.74 Å². The number of hydrogen-bond donors (Lipinski definition) is 2. The molecule has 0 bridgehead atoms. The van der Waals surface area contributed by atoms with E-state index in [1.807, 2.05) is 0 Å². The second-order valence-corrected chi connectivity index (χ2v) is 4.63. The van der Waals surface area contributed by atoms with Crippen molar-refractivity contribution in [3.05, 3.63) is 47.2 Å². The highest BCUT2D eigenvalue weighted by molar-refractivity contribution is 7.80. The standard InChI is InChI=1S/C13H12ClN3OS/c1-18-12-3-2-8(14)6-10(12)17-11-7-16-5-4-9(11)13(15)19/h2-7,17H,1H3,(H2,15,19). The summed E-state index contributed by atoms with van der Waals surface area (Å²) in [6, 6.07) is 7.04. The number of anilines is 2. The lowest BCUT2D eigenvalue weighted by Gasteiger charge is -2.13. The molecule has 0 unspecified atom stereocenters. The minimum atomic E-state index is 0.297. The second kappa shape index (κ2) is 5.86. The van der Waals surface area contributed by atoms with E-state index in [2.05, 4.69) is 10.3 Å². The Bertz CT molecular complexity index is 619. The molecule has 0 amide bonds. The summed E-state index contributed by atoms with van der Waals surface area (Å²) in [4.78, 5) is 4.35. The van der Waals surface area contributed by atoms with Gasteiger partial charge in [0, 0.05) is 16.8 Å². The van der Waals surface area contributed by atoms with Crippen molar-refractivity contribution >= 4 is 40.2 Å². The maximum absolute atomic E-state index is 5.98. The molecular weight excluding hydrogens is 282 g/mol. The number of benzene rings is 1. The van der Waals surface area contributed by atoms with E-state index < -0.39 is 0 Å². The van der Waals surface area contributed by atoms with Crippen LogP contribution in [0.2, 0.25) is 5.02 Å². The first-order chi connectivity index (χ1) is 9.11. The van der Waals surface area contributed by atoms with Gasteiger partial charge in [0.05, 0.1) is 24.7 Å². The SMILES string of the molecule is COc1ccc(Cl)cc1Nc1cnccc1C(N)=S. The predicted molar refractivity (Wildman–Crippen MR) is 81.4 cm³/mol. The fourth-order valence-electron chi connectivity index (χ4n) is 1.63. The molecule has 0 saturated heterocycles. The number of hydrogen-bond acceptors (Lipinski definition) is 4. The maximum atomic E-state index is 5.98. The van der Waals surface area contributed by atoms with Crippen LogP contribution in [0.1, 0.15) is 5.56 Å². The predicted octanol–water partition coefficient (Wildman–Crippen LogP) is 3.12. The highest BCUT2D eigenvalue weighted by Crippen LogP contribution is 2.31. The number of ether oxygens (including phenoxy) is 1. The Morgan fingerprint density at radius 1 is 1.37 bits per heavy atom. The third kappa shape index (κ3) is 3.13. The Morgan fingerprint density at radius 3 is 2.84 bits per heavy atom. The first kappa shape index (κ1) is 13.6. The summed E-state index contributed by atoms with van der Waals surface area (Å²) in [5.41, 5.74) is 7.82. The molecule has 0 fully saturated rings. The molecule has 3 N–H and O–H groups in total. The average molecular weight is 294 g/mol. The van der Waals surface area contributed by atoms with E-state index in [-0.39, 0.29) is 0 Å². The zero-order chi connectivity index (χ0) is 13.8. The van der Waals surface area contributed by atoms with Crippen molar-refractivity contribution in [2.45, 2.75) is 0 Å². The van der Waals surface area contributed by atoms with E-state index in [0.717, 1.165) is 5.69 Å². The van der Waals surface area contributed by atoms with Gasteiger partial charge in [-0.05, 0) is 24.3 Å². The Labute approximate surface area is 121 Å². The lowest BCUT2D eigenvalue weighted by molar-refractivity contribution is 0.417. The summed E-state index contributed by atoms with van der Waals surface area (Å²) in [7, 11) is 1.59. The minimum Gasteiger partial charge on any atom is -0.495 e. The van der Waals surface area contributed by atoms with E-state index in [1.165, 1.54) is 0 Å². The van der Waals surface area contributed by atoms with Crippen LogP contribution < -0.4 is 15.8 Å². The highest BCUT2D eigenvalue weighted by atomic mass is 35.5. The van der Waals surface area contributed by atoms with Crippen molar-refractivity contribution in [2.75, 3.05) is 12.4 Å². The molecule has 0 atom stereocenters. The van der Waals surface area contributed by atoms with Crippen LogP contribution in [0.25, 0.3) is 0 Å². The van der Waals surface area contributed by atoms with E-state index in [4.69, 9.17) is 34.3 Å². The number of thiocarbonyl (C=S) groups is 1. The van der Waals surface area contributed by atoms with Crippen LogP contribution in [-0.4, -0.2) is 17.1 Å². The first-order valence-electron chi connectivity index (χ1n) is 5.46. The molecular formula is C13H12ClN3OS. The van der Waals surface area contributed by atoms with E-state index in [0.29, 0.717) is 27.0 Å². The monoisotopic (exact) mass is 293 g/mol. The molecule has 98 valence electrons. The van der Waals surface area contributed by atoms with Gasteiger partial charge in [-0.3, -0.25) is 4.98 Å². The lowest BCUT2D eigenvalue weighted by atomic mass is 10.2. The van der Waals surface area contributed by atoms with E-state index >= 15 is 0 Å². The maximum Gasteiger partial charge on any atom is 0.142 e. The summed E-state index contributed by atoms with van der Waals surface area (Å²) in [5.74, 6) is 0.669. The number of nitrogens with zero attached hydrogens (tertiary/aromatic N) is 1. The van der Waals surface area contributed by atoms with Gasteiger partial charge in [-0.25, -0.2) is 0 Å². The molecule has 0 aliphatic carbocycles.